The second-order valence-electron chi connectivity index (χ2n) is 3.79. The molecule has 0 amide bonds. The van der Waals surface area contributed by atoms with Crippen LogP contribution in [0.2, 0.25) is 0 Å². The summed E-state index contributed by atoms with van der Waals surface area (Å²) in [7, 11) is 0. The zero-order chi connectivity index (χ0) is 12.1. The highest BCUT2D eigenvalue weighted by Gasteiger charge is 1.99. The van der Waals surface area contributed by atoms with Crippen molar-refractivity contribution < 1.29 is 0 Å². The van der Waals surface area contributed by atoms with Crippen molar-refractivity contribution in [2.75, 3.05) is 0 Å². The molecule has 0 saturated carbocycles. The van der Waals surface area contributed by atoms with Crippen molar-refractivity contribution in [3.8, 4) is 0 Å². The number of nitrogens with one attached hydrogen (secondary N) is 2. The molecule has 88 valence electrons. The number of hydrogen-bond donors (Lipinski definition) is 2. The SMILES string of the molecule is O=c1[nH]nc(CCCc2ccccc2)[nH]c1=O. The van der Waals surface area contributed by atoms with Crippen LogP contribution in [0.1, 0.15) is 17.8 Å². The molecular weight excluding hydrogens is 218 g/mol. The summed E-state index contributed by atoms with van der Waals surface area (Å²) in [5.74, 6) is 0.519. The molecule has 5 heteroatoms. The van der Waals surface area contributed by atoms with E-state index < -0.39 is 11.1 Å². The van der Waals surface area contributed by atoms with E-state index in [0.29, 0.717) is 12.2 Å². The zero-order valence-corrected chi connectivity index (χ0v) is 9.27. The zero-order valence-electron chi connectivity index (χ0n) is 9.27. The summed E-state index contributed by atoms with van der Waals surface area (Å²) in [4.78, 5) is 24.3. The topological polar surface area (TPSA) is 78.6 Å². The first-order valence-corrected chi connectivity index (χ1v) is 5.47. The van der Waals surface area contributed by atoms with E-state index in [-0.39, 0.29) is 0 Å². The van der Waals surface area contributed by atoms with Gasteiger partial charge < -0.3 is 4.98 Å². The van der Waals surface area contributed by atoms with Gasteiger partial charge in [-0.05, 0) is 18.4 Å². The highest BCUT2D eigenvalue weighted by atomic mass is 16.2. The Labute approximate surface area is 97.5 Å². The molecule has 0 aliphatic heterocycles. The molecule has 0 saturated heterocycles. The molecule has 2 N–H and O–H groups in total. The fourth-order valence-electron chi connectivity index (χ4n) is 1.61. The van der Waals surface area contributed by atoms with Crippen molar-refractivity contribution in [1.29, 1.82) is 0 Å². The first-order valence-electron chi connectivity index (χ1n) is 5.47. The van der Waals surface area contributed by atoms with E-state index in [2.05, 4.69) is 27.3 Å². The lowest BCUT2D eigenvalue weighted by Gasteiger charge is -2.00. The van der Waals surface area contributed by atoms with Gasteiger partial charge in [0.2, 0.25) is 0 Å². The average Bonchev–Trinajstić information content (AvgIpc) is 2.35. The van der Waals surface area contributed by atoms with Crippen LogP contribution in [-0.2, 0) is 12.8 Å². The van der Waals surface area contributed by atoms with Crippen molar-refractivity contribution in [2.45, 2.75) is 19.3 Å². The van der Waals surface area contributed by atoms with Crippen LogP contribution in [-0.4, -0.2) is 15.2 Å². The summed E-state index contributed by atoms with van der Waals surface area (Å²) in [5, 5.41) is 5.94. The van der Waals surface area contributed by atoms with E-state index in [4.69, 9.17) is 0 Å². The Morgan fingerprint density at radius 2 is 1.76 bits per heavy atom. The quantitative estimate of drug-likeness (QED) is 0.758. The van der Waals surface area contributed by atoms with E-state index in [1.807, 2.05) is 18.2 Å². The van der Waals surface area contributed by atoms with Crippen molar-refractivity contribution in [2.24, 2.45) is 0 Å². The lowest BCUT2D eigenvalue weighted by atomic mass is 10.1. The largest absolute Gasteiger partial charge is 0.329 e. The van der Waals surface area contributed by atoms with E-state index in [1.54, 1.807) is 0 Å². The molecule has 1 heterocycles. The van der Waals surface area contributed by atoms with E-state index in [0.717, 1.165) is 12.8 Å². The van der Waals surface area contributed by atoms with Gasteiger partial charge in [0, 0.05) is 6.42 Å². The van der Waals surface area contributed by atoms with Crippen LogP contribution in [0, 0.1) is 0 Å². The van der Waals surface area contributed by atoms with Crippen LogP contribution < -0.4 is 11.1 Å². The minimum absolute atomic E-state index is 0.519. The van der Waals surface area contributed by atoms with Gasteiger partial charge in [-0.3, -0.25) is 9.59 Å². The second-order valence-corrected chi connectivity index (χ2v) is 3.79. The Balaban J connectivity index is 1.92. The first kappa shape index (κ1) is 11.3. The predicted molar refractivity (Wildman–Crippen MR) is 63.9 cm³/mol. The van der Waals surface area contributed by atoms with Gasteiger partial charge in [-0.25, -0.2) is 5.10 Å². The van der Waals surface area contributed by atoms with Gasteiger partial charge >= 0.3 is 11.1 Å². The van der Waals surface area contributed by atoms with Crippen molar-refractivity contribution in [3.05, 3.63) is 62.4 Å². The number of aromatic amines is 2. The molecule has 2 rings (SSSR count). The van der Waals surface area contributed by atoms with Gasteiger partial charge in [-0.15, -0.1) is 0 Å². The second kappa shape index (κ2) is 5.25. The number of aromatic nitrogens is 3. The molecule has 1 aromatic carbocycles. The fraction of sp³-hybridized carbons (Fsp3) is 0.250. The summed E-state index contributed by atoms with van der Waals surface area (Å²) in [5.41, 5.74) is -0.106. The summed E-state index contributed by atoms with van der Waals surface area (Å²) in [6.45, 7) is 0. The van der Waals surface area contributed by atoms with Crippen LogP contribution >= 0.6 is 0 Å². The normalized spacial score (nSPS) is 10.4. The van der Waals surface area contributed by atoms with Gasteiger partial charge in [-0.1, -0.05) is 30.3 Å². The number of nitrogens with zero attached hydrogens (tertiary/aromatic N) is 1. The summed E-state index contributed by atoms with van der Waals surface area (Å²) >= 11 is 0. The summed E-state index contributed by atoms with van der Waals surface area (Å²) in [6.07, 6.45) is 2.43. The number of hydrogen-bond acceptors (Lipinski definition) is 3. The molecule has 0 aliphatic rings. The highest BCUT2D eigenvalue weighted by molar-refractivity contribution is 5.14. The van der Waals surface area contributed by atoms with Crippen molar-refractivity contribution in [3.63, 3.8) is 0 Å². The molecular formula is C12H13N3O2. The number of aryl methyl sites for hydroxylation is 2. The summed E-state index contributed by atoms with van der Waals surface area (Å²) < 4.78 is 0. The predicted octanol–water partition coefficient (Wildman–Crippen LogP) is 0.633. The monoisotopic (exact) mass is 231 g/mol. The van der Waals surface area contributed by atoms with Crippen LogP contribution in [0.4, 0.5) is 0 Å². The lowest BCUT2D eigenvalue weighted by molar-refractivity contribution is 0.726. The van der Waals surface area contributed by atoms with E-state index in [1.165, 1.54) is 5.56 Å². The molecule has 5 nitrogen and oxygen atoms in total. The maximum Gasteiger partial charge on any atom is 0.329 e. The Hall–Kier alpha value is -2.17. The van der Waals surface area contributed by atoms with E-state index >= 15 is 0 Å². The summed E-state index contributed by atoms with van der Waals surface area (Å²) in [6, 6.07) is 10.1. The third-order valence-corrected chi connectivity index (χ3v) is 2.48. The third-order valence-electron chi connectivity index (χ3n) is 2.48. The Kier molecular flexibility index (Phi) is 3.49. The third kappa shape index (κ3) is 3.14. The van der Waals surface area contributed by atoms with Gasteiger partial charge in [0.15, 0.2) is 0 Å². The molecule has 0 radical (unpaired) electrons. The molecule has 0 unspecified atom stereocenters. The van der Waals surface area contributed by atoms with Crippen LogP contribution in [0.3, 0.4) is 0 Å². The Morgan fingerprint density at radius 3 is 2.47 bits per heavy atom. The average molecular weight is 231 g/mol. The van der Waals surface area contributed by atoms with Gasteiger partial charge in [0.05, 0.1) is 0 Å². The maximum absolute atomic E-state index is 11.0. The van der Waals surface area contributed by atoms with Crippen molar-refractivity contribution >= 4 is 0 Å². The molecule has 1 aromatic heterocycles. The standard InChI is InChI=1S/C12H13N3O2/c16-11-12(17)15-14-10(13-11)8-4-7-9-5-2-1-3-6-9/h1-3,5-6H,4,7-8H2,(H,15,17)(H,13,14,16). The minimum Gasteiger partial charge on any atom is -0.304 e. The minimum atomic E-state index is -0.711. The number of H-pyrrole nitrogens is 2. The Morgan fingerprint density at radius 1 is 1.00 bits per heavy atom. The van der Waals surface area contributed by atoms with Crippen molar-refractivity contribution in [1.82, 2.24) is 15.2 Å². The first-order chi connectivity index (χ1) is 8.25. The van der Waals surface area contributed by atoms with Gasteiger partial charge in [0.25, 0.3) is 0 Å². The smallest absolute Gasteiger partial charge is 0.304 e. The number of benzene rings is 1. The van der Waals surface area contributed by atoms with E-state index in [9.17, 15) is 9.59 Å². The molecule has 17 heavy (non-hydrogen) atoms. The molecule has 0 fully saturated rings. The molecule has 2 aromatic rings. The lowest BCUT2D eigenvalue weighted by Crippen LogP contribution is -2.31. The highest BCUT2D eigenvalue weighted by Crippen LogP contribution is 2.04. The van der Waals surface area contributed by atoms with Crippen LogP contribution in [0.15, 0.2) is 39.9 Å². The maximum atomic E-state index is 11.0. The van der Waals surface area contributed by atoms with Crippen LogP contribution in [0.25, 0.3) is 0 Å². The molecule has 0 aliphatic carbocycles. The molecule has 0 bridgehead atoms. The van der Waals surface area contributed by atoms with Gasteiger partial charge in [0.1, 0.15) is 5.82 Å². The molecule has 0 atom stereocenters. The van der Waals surface area contributed by atoms with Crippen LogP contribution in [0.5, 0.6) is 0 Å². The van der Waals surface area contributed by atoms with Gasteiger partial charge in [-0.2, -0.15) is 5.10 Å². The molecule has 0 spiro atoms. The Bertz CT molecular complexity index is 586. The fourth-order valence-corrected chi connectivity index (χ4v) is 1.61. The number of rotatable bonds is 4.